The molecule has 0 bridgehead atoms. The molecule has 3 aromatic carbocycles. The van der Waals surface area contributed by atoms with Gasteiger partial charge in [-0.3, -0.25) is 0 Å². The number of fused-ring (bicyclic) bond motifs is 1. The van der Waals surface area contributed by atoms with Crippen molar-refractivity contribution in [3.8, 4) is 11.6 Å². The Kier molecular flexibility index (Phi) is 7.21. The molecule has 0 amide bonds. The van der Waals surface area contributed by atoms with Gasteiger partial charge in [0.15, 0.2) is 5.69 Å². The number of anilines is 1. The summed E-state index contributed by atoms with van der Waals surface area (Å²) in [5.41, 5.74) is 4.91. The second kappa shape index (κ2) is 10.1. The standard InChI is InChI=1S/C25H22BrClN4O2S/c1-14-4-6-16(7-5-14)13-31-21-9-8-17(26)11-18(21)23(24(31)32)29-30-25(34)28-20-10-15(2)19(27)12-22(20)33-3/h4-12,32H,13H2,1-3H3,(H,28,34). The van der Waals surface area contributed by atoms with Crippen LogP contribution in [0.2, 0.25) is 5.02 Å². The molecule has 0 spiro atoms. The summed E-state index contributed by atoms with van der Waals surface area (Å²) in [5, 5.41) is 24.0. The fourth-order valence-corrected chi connectivity index (χ4v) is 4.26. The second-order valence-corrected chi connectivity index (χ2v) is 9.55. The monoisotopic (exact) mass is 556 g/mol. The van der Waals surface area contributed by atoms with Crippen molar-refractivity contribution in [3.05, 3.63) is 80.8 Å². The minimum Gasteiger partial charge on any atom is -0.495 e. The topological polar surface area (TPSA) is 71.1 Å². The Hall–Kier alpha value is -2.94. The third kappa shape index (κ3) is 5.09. The number of halogens is 2. The number of ether oxygens (including phenoxy) is 1. The number of azo groups is 1. The molecule has 0 unspecified atom stereocenters. The van der Waals surface area contributed by atoms with Gasteiger partial charge < -0.3 is 19.7 Å². The van der Waals surface area contributed by atoms with Crippen molar-refractivity contribution in [3.63, 3.8) is 0 Å². The summed E-state index contributed by atoms with van der Waals surface area (Å²) in [7, 11) is 1.55. The van der Waals surface area contributed by atoms with E-state index in [4.69, 9.17) is 28.6 Å². The van der Waals surface area contributed by atoms with Gasteiger partial charge in [-0.05, 0) is 61.5 Å². The van der Waals surface area contributed by atoms with Gasteiger partial charge in [0.2, 0.25) is 11.0 Å². The summed E-state index contributed by atoms with van der Waals surface area (Å²) in [4.78, 5) is 0. The van der Waals surface area contributed by atoms with Gasteiger partial charge >= 0.3 is 0 Å². The molecule has 1 aromatic heterocycles. The van der Waals surface area contributed by atoms with Crippen LogP contribution in [0.15, 0.2) is 69.3 Å². The van der Waals surface area contributed by atoms with Crippen molar-refractivity contribution >= 4 is 67.1 Å². The van der Waals surface area contributed by atoms with E-state index < -0.39 is 0 Å². The lowest BCUT2D eigenvalue weighted by Gasteiger charge is -2.11. The van der Waals surface area contributed by atoms with E-state index in [1.165, 1.54) is 5.56 Å². The van der Waals surface area contributed by atoms with Crippen LogP contribution in [0.3, 0.4) is 0 Å². The van der Waals surface area contributed by atoms with Gasteiger partial charge in [-0.25, -0.2) is 0 Å². The molecule has 0 aliphatic rings. The number of aryl methyl sites for hydroxylation is 2. The Bertz CT molecular complexity index is 1420. The number of benzene rings is 3. The normalized spacial score (nSPS) is 11.3. The molecule has 174 valence electrons. The number of aromatic hydroxyl groups is 1. The van der Waals surface area contributed by atoms with E-state index in [-0.39, 0.29) is 11.0 Å². The smallest absolute Gasteiger partial charge is 0.221 e. The number of aromatic nitrogens is 1. The predicted octanol–water partition coefficient (Wildman–Crippen LogP) is 7.92. The first-order valence-corrected chi connectivity index (χ1v) is 12.0. The van der Waals surface area contributed by atoms with E-state index in [1.807, 2.05) is 66.9 Å². The molecule has 4 aromatic rings. The van der Waals surface area contributed by atoms with Crippen LogP contribution in [0.4, 0.5) is 11.4 Å². The zero-order valence-corrected chi connectivity index (χ0v) is 21.9. The van der Waals surface area contributed by atoms with Crippen LogP contribution in [-0.4, -0.2) is 21.9 Å². The van der Waals surface area contributed by atoms with Crippen LogP contribution in [0, 0.1) is 13.8 Å². The Balaban J connectivity index is 1.67. The van der Waals surface area contributed by atoms with Crippen molar-refractivity contribution < 1.29 is 9.84 Å². The molecule has 0 atom stereocenters. The Morgan fingerprint density at radius 2 is 1.88 bits per heavy atom. The Morgan fingerprint density at radius 3 is 2.59 bits per heavy atom. The van der Waals surface area contributed by atoms with E-state index in [0.29, 0.717) is 28.7 Å². The number of rotatable bonds is 5. The van der Waals surface area contributed by atoms with Crippen molar-refractivity contribution in [1.29, 1.82) is 0 Å². The first kappa shape index (κ1) is 24.2. The quantitative estimate of drug-likeness (QED) is 0.193. The molecule has 6 nitrogen and oxygen atoms in total. The van der Waals surface area contributed by atoms with Gasteiger partial charge in [-0.15, -0.1) is 10.2 Å². The van der Waals surface area contributed by atoms with Gasteiger partial charge in [0.25, 0.3) is 0 Å². The molecule has 0 radical (unpaired) electrons. The molecule has 0 aliphatic carbocycles. The highest BCUT2D eigenvalue weighted by Gasteiger charge is 2.18. The summed E-state index contributed by atoms with van der Waals surface area (Å²) in [5.74, 6) is 0.551. The van der Waals surface area contributed by atoms with E-state index in [1.54, 1.807) is 13.2 Å². The maximum atomic E-state index is 11.1. The molecular formula is C25H22BrClN4O2S. The second-order valence-electron chi connectivity index (χ2n) is 7.84. The molecule has 4 rings (SSSR count). The van der Waals surface area contributed by atoms with Crippen LogP contribution in [0.5, 0.6) is 11.6 Å². The average molecular weight is 558 g/mol. The molecule has 34 heavy (non-hydrogen) atoms. The lowest BCUT2D eigenvalue weighted by atomic mass is 10.1. The predicted molar refractivity (Wildman–Crippen MR) is 145 cm³/mol. The highest BCUT2D eigenvalue weighted by atomic mass is 79.9. The fourth-order valence-electron chi connectivity index (χ4n) is 3.60. The molecule has 0 aliphatic heterocycles. The lowest BCUT2D eigenvalue weighted by molar-refractivity contribution is 0.417. The summed E-state index contributed by atoms with van der Waals surface area (Å²) < 4.78 is 8.05. The number of nitrogens with zero attached hydrogens (tertiary/aromatic N) is 3. The summed E-state index contributed by atoms with van der Waals surface area (Å²) in [6.07, 6.45) is 0. The molecule has 9 heteroatoms. The first-order valence-electron chi connectivity index (χ1n) is 10.4. The molecule has 0 saturated carbocycles. The number of hydrogen-bond acceptors (Lipinski definition) is 4. The van der Waals surface area contributed by atoms with Gasteiger partial charge in [-0.1, -0.05) is 57.4 Å². The average Bonchev–Trinajstić information content (AvgIpc) is 3.06. The molecule has 2 N–H and O–H groups in total. The Morgan fingerprint density at radius 1 is 1.15 bits per heavy atom. The van der Waals surface area contributed by atoms with Crippen LogP contribution < -0.4 is 10.1 Å². The third-order valence-electron chi connectivity index (χ3n) is 5.40. The largest absolute Gasteiger partial charge is 0.495 e. The lowest BCUT2D eigenvalue weighted by Crippen LogP contribution is -2.06. The summed E-state index contributed by atoms with van der Waals surface area (Å²) in [6, 6.07) is 17.5. The molecule has 0 fully saturated rings. The maximum Gasteiger partial charge on any atom is 0.221 e. The number of thiocarbonyl (C=S) groups is 1. The maximum absolute atomic E-state index is 11.1. The van der Waals surface area contributed by atoms with Gasteiger partial charge in [0.05, 0.1) is 24.9 Å². The van der Waals surface area contributed by atoms with Crippen molar-refractivity contribution in [2.75, 3.05) is 12.4 Å². The zero-order valence-electron chi connectivity index (χ0n) is 18.8. The van der Waals surface area contributed by atoms with Crippen molar-refractivity contribution in [2.24, 2.45) is 10.2 Å². The van der Waals surface area contributed by atoms with Crippen molar-refractivity contribution in [2.45, 2.75) is 20.4 Å². The SMILES string of the molecule is COc1cc(Cl)c(C)cc1NC(=S)N=Nc1c(O)n(Cc2ccc(C)cc2)c2ccc(Br)cc12. The van der Waals surface area contributed by atoms with Crippen LogP contribution in [0.1, 0.15) is 16.7 Å². The third-order valence-corrected chi connectivity index (χ3v) is 6.48. The molecule has 1 heterocycles. The van der Waals surface area contributed by atoms with E-state index in [9.17, 15) is 5.11 Å². The van der Waals surface area contributed by atoms with Crippen molar-refractivity contribution in [1.82, 2.24) is 4.57 Å². The minimum absolute atomic E-state index is 0.0140. The Labute approximate surface area is 216 Å². The van der Waals surface area contributed by atoms with Crippen LogP contribution >= 0.6 is 39.7 Å². The summed E-state index contributed by atoms with van der Waals surface area (Å²) >= 11 is 15.1. The van der Waals surface area contributed by atoms with E-state index in [2.05, 4.69) is 31.5 Å². The van der Waals surface area contributed by atoms with Gasteiger partial charge in [0.1, 0.15) is 5.75 Å². The van der Waals surface area contributed by atoms with Gasteiger partial charge in [0, 0.05) is 20.9 Å². The highest BCUT2D eigenvalue weighted by molar-refractivity contribution is 9.10. The molecule has 0 saturated heterocycles. The van der Waals surface area contributed by atoms with E-state index in [0.717, 1.165) is 26.5 Å². The highest BCUT2D eigenvalue weighted by Crippen LogP contribution is 2.40. The number of hydrogen-bond donors (Lipinski definition) is 2. The fraction of sp³-hybridized carbons (Fsp3) is 0.160. The minimum atomic E-state index is 0.0140. The number of methoxy groups -OCH3 is 1. The molecular weight excluding hydrogens is 536 g/mol. The van der Waals surface area contributed by atoms with Gasteiger partial charge in [-0.2, -0.15) is 0 Å². The summed E-state index contributed by atoms with van der Waals surface area (Å²) in [6.45, 7) is 4.42. The zero-order chi connectivity index (χ0) is 24.4. The van der Waals surface area contributed by atoms with Crippen LogP contribution in [-0.2, 0) is 6.54 Å². The van der Waals surface area contributed by atoms with E-state index >= 15 is 0 Å². The first-order chi connectivity index (χ1) is 16.3. The number of nitrogens with one attached hydrogen (secondary N) is 1. The van der Waals surface area contributed by atoms with Crippen LogP contribution in [0.25, 0.3) is 10.9 Å².